The molecule has 4 saturated carbocycles. The molecule has 98 valence electrons. The van der Waals surface area contributed by atoms with Crippen LogP contribution in [0.5, 0.6) is 0 Å². The zero-order valence-corrected chi connectivity index (χ0v) is 11.4. The number of fused-ring (bicyclic) bond motifs is 2. The number of hydrogen-bond donors (Lipinski definition) is 2. The molecule has 4 aliphatic rings. The van der Waals surface area contributed by atoms with Crippen molar-refractivity contribution in [2.45, 2.75) is 59.0 Å². The summed E-state index contributed by atoms with van der Waals surface area (Å²) in [4.78, 5) is 0. The van der Waals surface area contributed by atoms with Crippen molar-refractivity contribution in [1.82, 2.24) is 0 Å². The minimum absolute atomic E-state index is 0.0857. The minimum atomic E-state index is -0.298. The molecule has 0 radical (unpaired) electrons. The Morgan fingerprint density at radius 1 is 1.18 bits per heavy atom. The number of rotatable bonds is 1. The number of aliphatic hydroxyl groups excluding tert-OH is 2. The Hall–Kier alpha value is -0.0800. The highest BCUT2D eigenvalue weighted by atomic mass is 16.3. The number of hydrogen-bond acceptors (Lipinski definition) is 2. The molecule has 0 heterocycles. The molecule has 0 amide bonds. The molecule has 0 aliphatic heterocycles. The summed E-state index contributed by atoms with van der Waals surface area (Å²) in [6, 6.07) is 0. The van der Waals surface area contributed by atoms with Crippen LogP contribution in [0.15, 0.2) is 0 Å². The molecule has 5 atom stereocenters. The van der Waals surface area contributed by atoms with Crippen molar-refractivity contribution < 1.29 is 10.2 Å². The molecule has 2 bridgehead atoms. The fourth-order valence-electron chi connectivity index (χ4n) is 5.95. The van der Waals surface area contributed by atoms with E-state index >= 15 is 0 Å². The summed E-state index contributed by atoms with van der Waals surface area (Å²) >= 11 is 0. The Kier molecular flexibility index (Phi) is 2.30. The minimum Gasteiger partial charge on any atom is -0.396 e. The standard InChI is InChI=1S/C15H26O2/c1-10-4-5-11-13(2,3)15(9-16)7-6-14(10,11)8-12(15)17/h10-12,16-17H,4-9H2,1-3H3/t10-,11+,12+,14-,15-/m1/s1. The molecule has 0 unspecified atom stereocenters. The highest BCUT2D eigenvalue weighted by Crippen LogP contribution is 2.73. The quantitative estimate of drug-likeness (QED) is 0.737. The van der Waals surface area contributed by atoms with Crippen LogP contribution in [0.1, 0.15) is 52.9 Å². The number of aliphatic hydroxyl groups is 2. The fourth-order valence-corrected chi connectivity index (χ4v) is 5.95. The van der Waals surface area contributed by atoms with Gasteiger partial charge in [-0.15, -0.1) is 0 Å². The van der Waals surface area contributed by atoms with Gasteiger partial charge in [-0.2, -0.15) is 0 Å². The molecule has 2 heteroatoms. The topological polar surface area (TPSA) is 40.5 Å². The monoisotopic (exact) mass is 238 g/mol. The summed E-state index contributed by atoms with van der Waals surface area (Å²) in [5.74, 6) is 1.45. The fraction of sp³-hybridized carbons (Fsp3) is 1.00. The second kappa shape index (κ2) is 3.27. The molecule has 1 spiro atoms. The first-order valence-corrected chi connectivity index (χ1v) is 7.20. The average molecular weight is 238 g/mol. The van der Waals surface area contributed by atoms with E-state index in [0.717, 1.165) is 18.8 Å². The zero-order valence-electron chi connectivity index (χ0n) is 11.4. The van der Waals surface area contributed by atoms with Crippen LogP contribution in [0.4, 0.5) is 0 Å². The average Bonchev–Trinajstić information content (AvgIpc) is 2.58. The van der Waals surface area contributed by atoms with Gasteiger partial charge < -0.3 is 10.2 Å². The zero-order chi connectivity index (χ0) is 12.5. The summed E-state index contributed by atoms with van der Waals surface area (Å²) < 4.78 is 0. The van der Waals surface area contributed by atoms with Crippen LogP contribution in [0, 0.1) is 28.1 Å². The van der Waals surface area contributed by atoms with E-state index in [1.807, 2.05) is 0 Å². The summed E-state index contributed by atoms with van der Waals surface area (Å²) in [7, 11) is 0. The lowest BCUT2D eigenvalue weighted by Gasteiger charge is -2.67. The first-order valence-electron chi connectivity index (χ1n) is 7.20. The van der Waals surface area contributed by atoms with Crippen LogP contribution in [-0.2, 0) is 0 Å². The molecule has 2 nitrogen and oxygen atoms in total. The van der Waals surface area contributed by atoms with Gasteiger partial charge in [0.2, 0.25) is 0 Å². The van der Waals surface area contributed by atoms with Crippen molar-refractivity contribution >= 4 is 0 Å². The van der Waals surface area contributed by atoms with E-state index in [-0.39, 0.29) is 23.5 Å². The molecular weight excluding hydrogens is 212 g/mol. The van der Waals surface area contributed by atoms with Crippen molar-refractivity contribution in [3.05, 3.63) is 0 Å². The van der Waals surface area contributed by atoms with Crippen LogP contribution < -0.4 is 0 Å². The summed E-state index contributed by atoms with van der Waals surface area (Å²) in [6.45, 7) is 7.12. The van der Waals surface area contributed by atoms with Crippen molar-refractivity contribution in [1.29, 1.82) is 0 Å². The SMILES string of the molecule is C[C@@H]1CC[C@H]2C(C)(C)[C@@]3(CO)CC[C@@]12C[C@@H]3O. The van der Waals surface area contributed by atoms with E-state index in [1.165, 1.54) is 19.3 Å². The van der Waals surface area contributed by atoms with Gasteiger partial charge in [0.25, 0.3) is 0 Å². The maximum Gasteiger partial charge on any atom is 0.0629 e. The summed E-state index contributed by atoms with van der Waals surface area (Å²) in [6.07, 6.45) is 5.47. The van der Waals surface area contributed by atoms with E-state index in [0.29, 0.717) is 11.3 Å². The molecule has 2 N–H and O–H groups in total. The summed E-state index contributed by atoms with van der Waals surface area (Å²) in [5, 5.41) is 20.5. The maximum atomic E-state index is 10.6. The van der Waals surface area contributed by atoms with Gasteiger partial charge in [0.15, 0.2) is 0 Å². The molecule has 4 aliphatic carbocycles. The van der Waals surface area contributed by atoms with Crippen LogP contribution in [0.2, 0.25) is 0 Å². The van der Waals surface area contributed by atoms with Gasteiger partial charge >= 0.3 is 0 Å². The molecule has 4 rings (SSSR count). The van der Waals surface area contributed by atoms with Gasteiger partial charge in [0, 0.05) is 5.41 Å². The van der Waals surface area contributed by atoms with Crippen LogP contribution >= 0.6 is 0 Å². The molecular formula is C15H26O2. The van der Waals surface area contributed by atoms with E-state index in [4.69, 9.17) is 0 Å². The van der Waals surface area contributed by atoms with Crippen molar-refractivity contribution in [2.24, 2.45) is 28.1 Å². The van der Waals surface area contributed by atoms with E-state index < -0.39 is 0 Å². The van der Waals surface area contributed by atoms with Gasteiger partial charge in [-0.1, -0.05) is 20.8 Å². The van der Waals surface area contributed by atoms with Crippen molar-refractivity contribution in [3.8, 4) is 0 Å². The first-order chi connectivity index (χ1) is 7.91. The Balaban J connectivity index is 2.11. The van der Waals surface area contributed by atoms with Crippen LogP contribution in [0.3, 0.4) is 0 Å². The third-order valence-corrected chi connectivity index (χ3v) is 7.25. The van der Waals surface area contributed by atoms with Gasteiger partial charge in [0.05, 0.1) is 12.7 Å². The third kappa shape index (κ3) is 1.10. The molecule has 0 saturated heterocycles. The normalized spacial score (nSPS) is 55.9. The highest BCUT2D eigenvalue weighted by Gasteiger charge is 2.70. The van der Waals surface area contributed by atoms with Gasteiger partial charge in [0.1, 0.15) is 0 Å². The lowest BCUT2D eigenvalue weighted by molar-refractivity contribution is -0.244. The Labute approximate surface area is 104 Å². The lowest BCUT2D eigenvalue weighted by atomic mass is 9.38. The molecule has 4 fully saturated rings. The molecule has 0 aromatic carbocycles. The van der Waals surface area contributed by atoms with Crippen LogP contribution in [-0.4, -0.2) is 22.9 Å². The van der Waals surface area contributed by atoms with E-state index in [1.54, 1.807) is 0 Å². The smallest absolute Gasteiger partial charge is 0.0629 e. The van der Waals surface area contributed by atoms with Crippen molar-refractivity contribution in [3.63, 3.8) is 0 Å². The maximum absolute atomic E-state index is 10.6. The van der Waals surface area contributed by atoms with Gasteiger partial charge in [-0.3, -0.25) is 0 Å². The first kappa shape index (κ1) is 12.0. The largest absolute Gasteiger partial charge is 0.396 e. The third-order valence-electron chi connectivity index (χ3n) is 7.25. The molecule has 17 heavy (non-hydrogen) atoms. The second-order valence-corrected chi connectivity index (χ2v) is 7.52. The van der Waals surface area contributed by atoms with E-state index in [9.17, 15) is 10.2 Å². The van der Waals surface area contributed by atoms with Crippen LogP contribution in [0.25, 0.3) is 0 Å². The Morgan fingerprint density at radius 2 is 1.88 bits per heavy atom. The summed E-state index contributed by atoms with van der Waals surface area (Å²) in [5.41, 5.74) is 0.228. The second-order valence-electron chi connectivity index (χ2n) is 7.52. The van der Waals surface area contributed by atoms with E-state index in [2.05, 4.69) is 20.8 Å². The van der Waals surface area contributed by atoms with Gasteiger partial charge in [-0.05, 0) is 54.8 Å². The predicted molar refractivity (Wildman–Crippen MR) is 67.5 cm³/mol. The van der Waals surface area contributed by atoms with Gasteiger partial charge in [-0.25, -0.2) is 0 Å². The Morgan fingerprint density at radius 3 is 2.47 bits per heavy atom. The lowest BCUT2D eigenvalue weighted by Crippen LogP contribution is -2.66. The van der Waals surface area contributed by atoms with Crippen molar-refractivity contribution in [2.75, 3.05) is 6.61 Å². The Bertz CT molecular complexity index is 338. The molecule has 0 aromatic heterocycles. The molecule has 0 aromatic rings. The highest BCUT2D eigenvalue weighted by molar-refractivity contribution is 5.18. The predicted octanol–water partition coefficient (Wildman–Crippen LogP) is 2.58.